The van der Waals surface area contributed by atoms with Gasteiger partial charge in [-0.2, -0.15) is 0 Å². The van der Waals surface area contributed by atoms with Crippen molar-refractivity contribution < 1.29 is 19.4 Å². The van der Waals surface area contributed by atoms with Crippen LogP contribution in [0.15, 0.2) is 48.5 Å². The van der Waals surface area contributed by atoms with Crippen molar-refractivity contribution in [3.8, 4) is 17.2 Å². The van der Waals surface area contributed by atoms with E-state index < -0.39 is 5.97 Å². The quantitative estimate of drug-likeness (QED) is 0.461. The number of hydrogen-bond donors (Lipinski definition) is 2. The molecule has 0 spiro atoms. The van der Waals surface area contributed by atoms with Crippen LogP contribution < -0.4 is 14.8 Å². The van der Waals surface area contributed by atoms with Crippen molar-refractivity contribution in [1.82, 2.24) is 0 Å². The SMILES string of the molecule is CCCCOc1ccc2cc3c(cc2c1)Nc1c(cccc1C(=O)O)O3. The zero-order chi connectivity index (χ0) is 18.1. The van der Waals surface area contributed by atoms with E-state index in [1.807, 2.05) is 30.3 Å². The molecule has 0 amide bonds. The van der Waals surface area contributed by atoms with Crippen LogP contribution in [0.1, 0.15) is 30.1 Å². The highest BCUT2D eigenvalue weighted by Gasteiger charge is 2.22. The van der Waals surface area contributed by atoms with E-state index in [2.05, 4.69) is 12.2 Å². The Balaban J connectivity index is 1.71. The third kappa shape index (κ3) is 2.92. The summed E-state index contributed by atoms with van der Waals surface area (Å²) >= 11 is 0. The minimum absolute atomic E-state index is 0.185. The molecule has 0 unspecified atom stereocenters. The molecule has 0 saturated heterocycles. The van der Waals surface area contributed by atoms with Crippen LogP contribution in [0, 0.1) is 0 Å². The van der Waals surface area contributed by atoms with E-state index in [1.54, 1.807) is 18.2 Å². The maximum atomic E-state index is 11.5. The maximum Gasteiger partial charge on any atom is 0.337 e. The first kappa shape index (κ1) is 16.3. The zero-order valence-corrected chi connectivity index (χ0v) is 14.4. The number of rotatable bonds is 5. The van der Waals surface area contributed by atoms with E-state index in [-0.39, 0.29) is 5.56 Å². The molecule has 1 heterocycles. The number of carboxylic acids is 1. The molecule has 0 saturated carbocycles. The lowest BCUT2D eigenvalue weighted by atomic mass is 10.1. The zero-order valence-electron chi connectivity index (χ0n) is 14.4. The summed E-state index contributed by atoms with van der Waals surface area (Å²) in [7, 11) is 0. The van der Waals surface area contributed by atoms with Gasteiger partial charge in [0.05, 0.1) is 23.5 Å². The molecule has 2 N–H and O–H groups in total. The summed E-state index contributed by atoms with van der Waals surface area (Å²) in [5, 5.41) is 14.6. The topological polar surface area (TPSA) is 67.8 Å². The van der Waals surface area contributed by atoms with Gasteiger partial charge in [0.2, 0.25) is 0 Å². The molecule has 4 rings (SSSR count). The average Bonchev–Trinajstić information content (AvgIpc) is 2.64. The Morgan fingerprint density at radius 2 is 2.00 bits per heavy atom. The molecule has 3 aromatic rings. The number of benzene rings is 3. The molecule has 0 aliphatic carbocycles. The molecule has 1 aliphatic heterocycles. The van der Waals surface area contributed by atoms with Crippen molar-refractivity contribution in [3.63, 3.8) is 0 Å². The van der Waals surface area contributed by atoms with Crippen LogP contribution in [0.2, 0.25) is 0 Å². The van der Waals surface area contributed by atoms with E-state index in [0.29, 0.717) is 23.8 Å². The van der Waals surface area contributed by atoms with Crippen molar-refractivity contribution in [3.05, 3.63) is 54.1 Å². The fourth-order valence-electron chi connectivity index (χ4n) is 3.04. The molecule has 5 heteroatoms. The van der Waals surface area contributed by atoms with Gasteiger partial charge in [-0.3, -0.25) is 0 Å². The van der Waals surface area contributed by atoms with Crippen LogP contribution >= 0.6 is 0 Å². The summed E-state index contributed by atoms with van der Waals surface area (Å²) in [6, 6.07) is 14.8. The number of carbonyl (C=O) groups is 1. The molecule has 5 nitrogen and oxygen atoms in total. The van der Waals surface area contributed by atoms with Gasteiger partial charge in [0.1, 0.15) is 5.75 Å². The van der Waals surface area contributed by atoms with E-state index >= 15 is 0 Å². The first-order chi connectivity index (χ1) is 12.7. The van der Waals surface area contributed by atoms with E-state index in [1.165, 1.54) is 0 Å². The molecule has 26 heavy (non-hydrogen) atoms. The second-order valence-corrected chi connectivity index (χ2v) is 6.27. The summed E-state index contributed by atoms with van der Waals surface area (Å²) in [4.78, 5) is 11.5. The Hall–Kier alpha value is -3.21. The lowest BCUT2D eigenvalue weighted by Crippen LogP contribution is -2.08. The lowest BCUT2D eigenvalue weighted by molar-refractivity contribution is 0.0697. The monoisotopic (exact) mass is 349 g/mol. The van der Waals surface area contributed by atoms with Gasteiger partial charge < -0.3 is 19.9 Å². The Morgan fingerprint density at radius 1 is 1.12 bits per heavy atom. The van der Waals surface area contributed by atoms with Crippen LogP contribution in [-0.2, 0) is 0 Å². The van der Waals surface area contributed by atoms with Gasteiger partial charge >= 0.3 is 5.97 Å². The predicted molar refractivity (Wildman–Crippen MR) is 101 cm³/mol. The van der Waals surface area contributed by atoms with Gasteiger partial charge in [-0.15, -0.1) is 0 Å². The number of unbranched alkanes of at least 4 members (excludes halogenated alkanes) is 1. The van der Waals surface area contributed by atoms with Crippen LogP contribution in [0.5, 0.6) is 17.2 Å². The van der Waals surface area contributed by atoms with E-state index in [0.717, 1.165) is 35.1 Å². The van der Waals surface area contributed by atoms with Crippen LogP contribution in [0.25, 0.3) is 10.8 Å². The third-order valence-electron chi connectivity index (χ3n) is 4.41. The highest BCUT2D eigenvalue weighted by Crippen LogP contribution is 2.45. The molecule has 0 radical (unpaired) electrons. The first-order valence-electron chi connectivity index (χ1n) is 8.67. The second-order valence-electron chi connectivity index (χ2n) is 6.27. The van der Waals surface area contributed by atoms with E-state index in [4.69, 9.17) is 9.47 Å². The summed E-state index contributed by atoms with van der Waals surface area (Å²) < 4.78 is 11.7. The van der Waals surface area contributed by atoms with Crippen molar-refractivity contribution in [2.24, 2.45) is 0 Å². The maximum absolute atomic E-state index is 11.5. The molecule has 3 aromatic carbocycles. The van der Waals surface area contributed by atoms with Crippen molar-refractivity contribution in [1.29, 1.82) is 0 Å². The smallest absolute Gasteiger partial charge is 0.337 e. The number of hydrogen-bond acceptors (Lipinski definition) is 4. The number of anilines is 2. The van der Waals surface area contributed by atoms with Crippen molar-refractivity contribution in [2.45, 2.75) is 19.8 Å². The summed E-state index contributed by atoms with van der Waals surface area (Å²) in [6.07, 6.45) is 2.11. The summed E-state index contributed by atoms with van der Waals surface area (Å²) in [5.41, 5.74) is 1.40. The van der Waals surface area contributed by atoms with Gasteiger partial charge in [0.25, 0.3) is 0 Å². The van der Waals surface area contributed by atoms with Gasteiger partial charge in [0.15, 0.2) is 11.5 Å². The van der Waals surface area contributed by atoms with Gasteiger partial charge in [-0.1, -0.05) is 25.5 Å². The molecule has 0 fully saturated rings. The standard InChI is InChI=1S/C21H19NO4/c1-2-3-9-25-15-8-7-13-12-19-17(11-14(13)10-15)22-20-16(21(23)24)5-4-6-18(20)26-19/h4-8,10-12,22H,2-3,9H2,1H3,(H,23,24). The van der Waals surface area contributed by atoms with Crippen LogP contribution in [0.4, 0.5) is 11.4 Å². The van der Waals surface area contributed by atoms with Gasteiger partial charge in [-0.05, 0) is 53.6 Å². The normalized spacial score (nSPS) is 11.9. The predicted octanol–water partition coefficient (Wildman–Crippen LogP) is 5.57. The molecule has 0 aromatic heterocycles. The highest BCUT2D eigenvalue weighted by molar-refractivity contribution is 6.00. The molecule has 1 aliphatic rings. The largest absolute Gasteiger partial charge is 0.494 e. The summed E-state index contributed by atoms with van der Waals surface area (Å²) in [6.45, 7) is 2.83. The van der Waals surface area contributed by atoms with Crippen LogP contribution in [0.3, 0.4) is 0 Å². The fraction of sp³-hybridized carbons (Fsp3) is 0.190. The fourth-order valence-corrected chi connectivity index (χ4v) is 3.04. The van der Waals surface area contributed by atoms with Crippen LogP contribution in [-0.4, -0.2) is 17.7 Å². The molecule has 132 valence electrons. The Morgan fingerprint density at radius 3 is 2.81 bits per heavy atom. The Labute approximate surface area is 151 Å². The minimum Gasteiger partial charge on any atom is -0.494 e. The van der Waals surface area contributed by atoms with E-state index in [9.17, 15) is 9.90 Å². The Bertz CT molecular complexity index is 997. The molecular weight excluding hydrogens is 330 g/mol. The molecule has 0 atom stereocenters. The minimum atomic E-state index is -0.992. The molecular formula is C21H19NO4. The average molecular weight is 349 g/mol. The molecule has 0 bridgehead atoms. The van der Waals surface area contributed by atoms with Crippen molar-refractivity contribution in [2.75, 3.05) is 11.9 Å². The third-order valence-corrected chi connectivity index (χ3v) is 4.41. The van der Waals surface area contributed by atoms with Crippen molar-refractivity contribution >= 4 is 28.1 Å². The number of aromatic carboxylic acids is 1. The number of fused-ring (bicyclic) bond motifs is 3. The van der Waals surface area contributed by atoms with Gasteiger partial charge in [-0.25, -0.2) is 4.79 Å². The highest BCUT2D eigenvalue weighted by atomic mass is 16.5. The number of nitrogens with one attached hydrogen (secondary N) is 1. The lowest BCUT2D eigenvalue weighted by Gasteiger charge is -2.23. The number of para-hydroxylation sites is 1. The number of carboxylic acid groups (broad SMARTS) is 1. The van der Waals surface area contributed by atoms with Gasteiger partial charge in [0, 0.05) is 0 Å². The number of ether oxygens (including phenoxy) is 2. The summed E-state index contributed by atoms with van der Waals surface area (Å²) in [5.74, 6) is 1.02. The first-order valence-corrected chi connectivity index (χ1v) is 8.67. The Kier molecular flexibility index (Phi) is 4.13. The second kappa shape index (κ2) is 6.59.